The summed E-state index contributed by atoms with van der Waals surface area (Å²) < 4.78 is 0. The smallest absolute Gasteiger partial charge is 0.0812 e. The number of benzene rings is 1. The fraction of sp³-hybridized carbons (Fsp3) is 0. The van der Waals surface area contributed by atoms with E-state index in [-0.39, 0.29) is 0 Å². The van der Waals surface area contributed by atoms with E-state index in [0.717, 1.165) is 22.5 Å². The highest BCUT2D eigenvalue weighted by Crippen LogP contribution is 2.21. The van der Waals surface area contributed by atoms with E-state index in [1.165, 1.54) is 0 Å². The van der Waals surface area contributed by atoms with Crippen LogP contribution in [0, 0.1) is 0 Å². The molecule has 3 aromatic rings. The van der Waals surface area contributed by atoms with Crippen molar-refractivity contribution in [1.29, 1.82) is 0 Å². The maximum Gasteiger partial charge on any atom is 0.0812 e. The van der Waals surface area contributed by atoms with E-state index in [0.29, 0.717) is 0 Å². The first-order valence-corrected chi connectivity index (χ1v) is 6.37. The van der Waals surface area contributed by atoms with E-state index in [1.807, 2.05) is 42.5 Å². The molecule has 0 aliphatic carbocycles. The highest BCUT2D eigenvalue weighted by Gasteiger charge is 1.96. The van der Waals surface area contributed by atoms with Crippen molar-refractivity contribution in [3.8, 4) is 11.1 Å². The van der Waals surface area contributed by atoms with Gasteiger partial charge in [-0.25, -0.2) is 0 Å². The molecule has 0 fully saturated rings. The quantitative estimate of drug-likeness (QED) is 0.669. The van der Waals surface area contributed by atoms with Crippen molar-refractivity contribution in [2.24, 2.45) is 4.99 Å². The summed E-state index contributed by atoms with van der Waals surface area (Å²) in [6, 6.07) is 17.8. The predicted molar refractivity (Wildman–Crippen MR) is 81.2 cm³/mol. The molecule has 0 atom stereocenters. The van der Waals surface area contributed by atoms with E-state index in [1.54, 1.807) is 24.8 Å². The van der Waals surface area contributed by atoms with Gasteiger partial charge in [0.15, 0.2) is 0 Å². The van der Waals surface area contributed by atoms with Crippen LogP contribution in [0.15, 0.2) is 78.2 Å². The minimum Gasteiger partial charge on any atom is -0.265 e. The Labute approximate surface area is 117 Å². The van der Waals surface area contributed by atoms with Crippen LogP contribution >= 0.6 is 0 Å². The van der Waals surface area contributed by atoms with Gasteiger partial charge in [-0.3, -0.25) is 15.0 Å². The molecule has 0 unspecified atom stereocenters. The van der Waals surface area contributed by atoms with E-state index >= 15 is 0 Å². The van der Waals surface area contributed by atoms with Crippen molar-refractivity contribution in [3.05, 3.63) is 78.9 Å². The Bertz CT molecular complexity index is 689. The first-order valence-electron chi connectivity index (χ1n) is 6.37. The van der Waals surface area contributed by atoms with Gasteiger partial charge >= 0.3 is 0 Å². The summed E-state index contributed by atoms with van der Waals surface area (Å²) in [5.41, 5.74) is 4.07. The topological polar surface area (TPSA) is 38.1 Å². The molecule has 1 aromatic carbocycles. The number of aromatic nitrogens is 2. The summed E-state index contributed by atoms with van der Waals surface area (Å²) in [4.78, 5) is 12.6. The van der Waals surface area contributed by atoms with E-state index in [2.05, 4.69) is 27.1 Å². The molecule has 0 spiro atoms. The summed E-state index contributed by atoms with van der Waals surface area (Å²) in [7, 11) is 0. The molecular weight excluding hydrogens is 246 g/mol. The van der Waals surface area contributed by atoms with Gasteiger partial charge in [-0.1, -0.05) is 18.2 Å². The Morgan fingerprint density at radius 1 is 0.750 bits per heavy atom. The van der Waals surface area contributed by atoms with Crippen LogP contribution < -0.4 is 0 Å². The fourth-order valence-corrected chi connectivity index (χ4v) is 1.88. The molecule has 0 radical (unpaired) electrons. The summed E-state index contributed by atoms with van der Waals surface area (Å²) in [6.45, 7) is 0. The van der Waals surface area contributed by atoms with Gasteiger partial charge in [-0.05, 0) is 47.5 Å². The van der Waals surface area contributed by atoms with Gasteiger partial charge in [0, 0.05) is 18.6 Å². The van der Waals surface area contributed by atoms with Gasteiger partial charge in [-0.2, -0.15) is 0 Å². The predicted octanol–water partition coefficient (Wildman–Crippen LogP) is 3.89. The Morgan fingerprint density at radius 3 is 2.20 bits per heavy atom. The second-order valence-corrected chi connectivity index (χ2v) is 4.30. The zero-order valence-corrected chi connectivity index (χ0v) is 10.8. The standard InChI is InChI=1S/C17H13N3/c1-2-10-19-17(3-1)13-20-16-6-4-14(5-7-16)15-8-11-18-12-9-15/h1-13H. The second kappa shape index (κ2) is 5.89. The normalized spacial score (nSPS) is 10.8. The maximum atomic E-state index is 4.41. The minimum atomic E-state index is 0.853. The van der Waals surface area contributed by atoms with Gasteiger partial charge in [0.05, 0.1) is 17.6 Å². The Balaban J connectivity index is 1.79. The lowest BCUT2D eigenvalue weighted by Crippen LogP contribution is -1.84. The molecule has 0 saturated heterocycles. The van der Waals surface area contributed by atoms with Crippen molar-refractivity contribution in [2.75, 3.05) is 0 Å². The molecule has 0 saturated carbocycles. The molecule has 3 nitrogen and oxygen atoms in total. The first kappa shape index (κ1) is 12.2. The van der Waals surface area contributed by atoms with Gasteiger partial charge in [0.25, 0.3) is 0 Å². The Kier molecular flexibility index (Phi) is 3.60. The number of hydrogen-bond acceptors (Lipinski definition) is 3. The molecule has 2 aromatic heterocycles. The Hall–Kier alpha value is -2.81. The van der Waals surface area contributed by atoms with Crippen LogP contribution in [0.4, 0.5) is 5.69 Å². The number of hydrogen-bond donors (Lipinski definition) is 0. The van der Waals surface area contributed by atoms with Crippen LogP contribution in [-0.2, 0) is 0 Å². The molecule has 3 rings (SSSR count). The average Bonchev–Trinajstić information content (AvgIpc) is 2.55. The van der Waals surface area contributed by atoms with Crippen molar-refractivity contribution in [3.63, 3.8) is 0 Å². The van der Waals surface area contributed by atoms with Crippen LogP contribution in [-0.4, -0.2) is 16.2 Å². The number of rotatable bonds is 3. The molecule has 96 valence electrons. The van der Waals surface area contributed by atoms with Crippen molar-refractivity contribution in [1.82, 2.24) is 9.97 Å². The van der Waals surface area contributed by atoms with Crippen LogP contribution in [0.25, 0.3) is 11.1 Å². The number of pyridine rings is 2. The highest BCUT2D eigenvalue weighted by atomic mass is 14.8. The lowest BCUT2D eigenvalue weighted by Gasteiger charge is -2.01. The minimum absolute atomic E-state index is 0.853. The van der Waals surface area contributed by atoms with Gasteiger partial charge in [0.1, 0.15) is 0 Å². The summed E-state index contributed by atoms with van der Waals surface area (Å²) in [5.74, 6) is 0. The third-order valence-electron chi connectivity index (χ3n) is 2.91. The van der Waals surface area contributed by atoms with E-state index in [4.69, 9.17) is 0 Å². The highest BCUT2D eigenvalue weighted by molar-refractivity contribution is 5.79. The third kappa shape index (κ3) is 2.95. The van der Waals surface area contributed by atoms with Crippen LogP contribution in [0.1, 0.15) is 5.69 Å². The molecule has 0 aliphatic heterocycles. The molecular formula is C17H13N3. The summed E-state index contributed by atoms with van der Waals surface area (Å²) in [6.07, 6.45) is 7.11. The third-order valence-corrected chi connectivity index (χ3v) is 2.91. The van der Waals surface area contributed by atoms with Crippen molar-refractivity contribution < 1.29 is 0 Å². The first-order chi connectivity index (χ1) is 9.92. The van der Waals surface area contributed by atoms with E-state index in [9.17, 15) is 0 Å². The number of nitrogens with zero attached hydrogens (tertiary/aromatic N) is 3. The SMILES string of the molecule is C(=Nc1ccc(-c2ccncc2)cc1)c1ccccn1. The number of aliphatic imine (C=N–C) groups is 1. The van der Waals surface area contributed by atoms with E-state index < -0.39 is 0 Å². The molecule has 0 N–H and O–H groups in total. The van der Waals surface area contributed by atoms with Gasteiger partial charge in [0.2, 0.25) is 0 Å². The summed E-state index contributed by atoms with van der Waals surface area (Å²) in [5, 5.41) is 0. The van der Waals surface area contributed by atoms with Gasteiger partial charge in [-0.15, -0.1) is 0 Å². The Morgan fingerprint density at radius 2 is 1.50 bits per heavy atom. The van der Waals surface area contributed by atoms with Crippen molar-refractivity contribution >= 4 is 11.9 Å². The molecule has 20 heavy (non-hydrogen) atoms. The molecule has 3 heteroatoms. The van der Waals surface area contributed by atoms with Crippen molar-refractivity contribution in [2.45, 2.75) is 0 Å². The lowest BCUT2D eigenvalue weighted by molar-refractivity contribution is 1.30. The van der Waals surface area contributed by atoms with Crippen LogP contribution in [0.2, 0.25) is 0 Å². The van der Waals surface area contributed by atoms with Crippen LogP contribution in [0.5, 0.6) is 0 Å². The molecule has 0 amide bonds. The summed E-state index contributed by atoms with van der Waals surface area (Å²) >= 11 is 0. The lowest BCUT2D eigenvalue weighted by atomic mass is 10.1. The molecule has 0 aliphatic rings. The zero-order chi connectivity index (χ0) is 13.6. The average molecular weight is 259 g/mol. The molecule has 2 heterocycles. The largest absolute Gasteiger partial charge is 0.265 e. The monoisotopic (exact) mass is 259 g/mol. The second-order valence-electron chi connectivity index (χ2n) is 4.30. The van der Waals surface area contributed by atoms with Crippen LogP contribution in [0.3, 0.4) is 0 Å². The van der Waals surface area contributed by atoms with Gasteiger partial charge < -0.3 is 0 Å². The molecule has 0 bridgehead atoms. The fourth-order valence-electron chi connectivity index (χ4n) is 1.88. The zero-order valence-electron chi connectivity index (χ0n) is 10.8. The maximum absolute atomic E-state index is 4.41.